The first kappa shape index (κ1) is 13.8. The van der Waals surface area contributed by atoms with Gasteiger partial charge in [0.15, 0.2) is 0 Å². The van der Waals surface area contributed by atoms with E-state index in [-0.39, 0.29) is 18.4 Å². The average Bonchev–Trinajstić information content (AvgIpc) is 2.65. The molecule has 4 N–H and O–H groups in total. The van der Waals surface area contributed by atoms with Crippen LogP contribution in [-0.2, 0) is 6.42 Å². The number of aryl methyl sites for hydroxylation is 1. The van der Waals surface area contributed by atoms with E-state index >= 15 is 0 Å². The standard InChI is InChI=1S/C11H13ClN4.ClH/c1-6-2-4-8(12)7-3-5-9(10(6)7)15-16-11(13)14;/h2,4H,3,5H2,1H3,(H4,13,14,16);1H. The number of rotatable bonds is 1. The van der Waals surface area contributed by atoms with Crippen LogP contribution in [-0.4, -0.2) is 11.7 Å². The van der Waals surface area contributed by atoms with E-state index in [1.54, 1.807) is 0 Å². The Labute approximate surface area is 111 Å². The van der Waals surface area contributed by atoms with E-state index in [1.807, 2.05) is 19.1 Å². The number of hydrogen-bond acceptors (Lipinski definition) is 2. The summed E-state index contributed by atoms with van der Waals surface area (Å²) in [5.74, 6) is -0.152. The van der Waals surface area contributed by atoms with Crippen LogP contribution in [0.5, 0.6) is 0 Å². The Bertz CT molecular complexity index is 483. The zero-order valence-corrected chi connectivity index (χ0v) is 11.0. The molecule has 2 rings (SSSR count). The van der Waals surface area contributed by atoms with Gasteiger partial charge in [-0.2, -0.15) is 5.10 Å². The summed E-state index contributed by atoms with van der Waals surface area (Å²) in [5, 5.41) is 12.0. The molecule has 17 heavy (non-hydrogen) atoms. The normalized spacial score (nSPS) is 15.3. The molecule has 0 aliphatic heterocycles. The van der Waals surface area contributed by atoms with Crippen LogP contribution in [0.1, 0.15) is 23.1 Å². The molecule has 0 aromatic heterocycles. The molecule has 92 valence electrons. The number of hydrogen-bond donors (Lipinski definition) is 3. The molecule has 0 saturated heterocycles. The second-order valence-corrected chi connectivity index (χ2v) is 4.21. The molecule has 4 nitrogen and oxygen atoms in total. The highest BCUT2D eigenvalue weighted by Crippen LogP contribution is 2.31. The predicted molar refractivity (Wildman–Crippen MR) is 73.3 cm³/mol. The maximum absolute atomic E-state index is 7.07. The minimum atomic E-state index is -0.152. The van der Waals surface area contributed by atoms with Gasteiger partial charge in [0.1, 0.15) is 0 Å². The molecular formula is C11H14Cl2N4. The van der Waals surface area contributed by atoms with Crippen LogP contribution in [0, 0.1) is 12.3 Å². The molecule has 0 atom stereocenters. The molecule has 0 heterocycles. The van der Waals surface area contributed by atoms with Crippen molar-refractivity contribution in [2.24, 2.45) is 10.8 Å². The highest BCUT2D eigenvalue weighted by molar-refractivity contribution is 6.32. The first-order valence-electron chi connectivity index (χ1n) is 5.04. The fourth-order valence-electron chi connectivity index (χ4n) is 1.99. The molecule has 1 aliphatic carbocycles. The average molecular weight is 273 g/mol. The Morgan fingerprint density at radius 2 is 2.18 bits per heavy atom. The molecule has 0 radical (unpaired) electrons. The summed E-state index contributed by atoms with van der Waals surface area (Å²) < 4.78 is 0. The second-order valence-electron chi connectivity index (χ2n) is 3.80. The van der Waals surface area contributed by atoms with Crippen LogP contribution >= 0.6 is 24.0 Å². The Morgan fingerprint density at radius 3 is 2.82 bits per heavy atom. The third-order valence-electron chi connectivity index (χ3n) is 2.68. The smallest absolute Gasteiger partial charge is 0.206 e. The zero-order chi connectivity index (χ0) is 11.7. The zero-order valence-electron chi connectivity index (χ0n) is 9.38. The summed E-state index contributed by atoms with van der Waals surface area (Å²) in [6.07, 6.45) is 1.73. The van der Waals surface area contributed by atoms with Gasteiger partial charge in [0.25, 0.3) is 0 Å². The van der Waals surface area contributed by atoms with E-state index in [1.165, 1.54) is 0 Å². The van der Waals surface area contributed by atoms with Crippen molar-refractivity contribution in [3.05, 3.63) is 33.8 Å². The molecule has 6 heteroatoms. The van der Waals surface area contributed by atoms with Crippen LogP contribution in [0.15, 0.2) is 17.2 Å². The Hall–Kier alpha value is -1.26. The van der Waals surface area contributed by atoms with Gasteiger partial charge in [0, 0.05) is 10.6 Å². The van der Waals surface area contributed by atoms with E-state index in [9.17, 15) is 0 Å². The van der Waals surface area contributed by atoms with E-state index in [0.29, 0.717) is 0 Å². The highest BCUT2D eigenvalue weighted by Gasteiger charge is 2.22. The van der Waals surface area contributed by atoms with Gasteiger partial charge in [0.2, 0.25) is 5.96 Å². The summed E-state index contributed by atoms with van der Waals surface area (Å²) in [5.41, 5.74) is 12.0. The van der Waals surface area contributed by atoms with Gasteiger partial charge in [-0.1, -0.05) is 17.7 Å². The number of guanidine groups is 1. The number of nitrogens with two attached hydrogens (primary N) is 1. The Balaban J connectivity index is 0.00000144. The quantitative estimate of drug-likeness (QED) is 0.417. The Kier molecular flexibility index (Phi) is 4.37. The third kappa shape index (κ3) is 2.70. The molecule has 0 bridgehead atoms. The van der Waals surface area contributed by atoms with Gasteiger partial charge in [-0.15, -0.1) is 12.4 Å². The predicted octanol–water partition coefficient (Wildman–Crippen LogP) is 2.20. The van der Waals surface area contributed by atoms with Crippen molar-refractivity contribution >= 4 is 35.7 Å². The van der Waals surface area contributed by atoms with Crippen LogP contribution in [0.4, 0.5) is 0 Å². The number of hydrazone groups is 1. The van der Waals surface area contributed by atoms with E-state index in [4.69, 9.17) is 22.7 Å². The van der Waals surface area contributed by atoms with Crippen molar-refractivity contribution in [2.75, 3.05) is 0 Å². The van der Waals surface area contributed by atoms with Gasteiger partial charge in [-0.05, 0) is 37.0 Å². The molecule has 1 aliphatic rings. The highest BCUT2D eigenvalue weighted by atomic mass is 35.5. The summed E-state index contributed by atoms with van der Waals surface area (Å²) in [6, 6.07) is 3.90. The fraction of sp³-hybridized carbons (Fsp3) is 0.273. The molecular weight excluding hydrogens is 259 g/mol. The van der Waals surface area contributed by atoms with E-state index in [0.717, 1.165) is 40.3 Å². The molecule has 0 saturated carbocycles. The summed E-state index contributed by atoms with van der Waals surface area (Å²) in [6.45, 7) is 2.03. The lowest BCUT2D eigenvalue weighted by Crippen LogP contribution is -2.26. The first-order valence-corrected chi connectivity index (χ1v) is 5.42. The van der Waals surface area contributed by atoms with Crippen LogP contribution in [0.2, 0.25) is 5.02 Å². The van der Waals surface area contributed by atoms with Crippen molar-refractivity contribution in [3.8, 4) is 0 Å². The van der Waals surface area contributed by atoms with Gasteiger partial charge in [0.05, 0.1) is 5.71 Å². The maximum atomic E-state index is 7.07. The van der Waals surface area contributed by atoms with Crippen molar-refractivity contribution < 1.29 is 0 Å². The van der Waals surface area contributed by atoms with Crippen LogP contribution in [0.3, 0.4) is 0 Å². The third-order valence-corrected chi connectivity index (χ3v) is 3.03. The van der Waals surface area contributed by atoms with Gasteiger partial charge >= 0.3 is 0 Å². The number of nitrogens with one attached hydrogen (secondary N) is 2. The van der Waals surface area contributed by atoms with Crippen molar-refractivity contribution in [1.29, 1.82) is 5.41 Å². The van der Waals surface area contributed by atoms with Gasteiger partial charge in [-0.25, -0.2) is 5.43 Å². The monoisotopic (exact) mass is 272 g/mol. The van der Waals surface area contributed by atoms with E-state index in [2.05, 4.69) is 10.5 Å². The largest absolute Gasteiger partial charge is 0.369 e. The van der Waals surface area contributed by atoms with Crippen molar-refractivity contribution in [2.45, 2.75) is 19.8 Å². The van der Waals surface area contributed by atoms with Crippen LogP contribution < -0.4 is 11.2 Å². The first-order chi connectivity index (χ1) is 7.59. The number of benzene rings is 1. The molecule has 1 aromatic rings. The second kappa shape index (κ2) is 5.38. The lowest BCUT2D eigenvalue weighted by Gasteiger charge is -2.06. The van der Waals surface area contributed by atoms with Gasteiger partial charge in [-0.3, -0.25) is 5.41 Å². The molecule has 0 fully saturated rings. The summed E-state index contributed by atoms with van der Waals surface area (Å²) in [4.78, 5) is 0. The molecule has 0 unspecified atom stereocenters. The SMILES string of the molecule is Cc1ccc(Cl)c2c1C(=NNC(=N)N)CC2.Cl. The summed E-state index contributed by atoms with van der Waals surface area (Å²) in [7, 11) is 0. The van der Waals surface area contributed by atoms with Crippen LogP contribution in [0.25, 0.3) is 0 Å². The number of halogens is 2. The lowest BCUT2D eigenvalue weighted by molar-refractivity contribution is 0.976. The topological polar surface area (TPSA) is 74.3 Å². The molecule has 0 spiro atoms. The summed E-state index contributed by atoms with van der Waals surface area (Å²) >= 11 is 6.13. The lowest BCUT2D eigenvalue weighted by atomic mass is 10.0. The molecule has 1 aromatic carbocycles. The minimum absolute atomic E-state index is 0. The Morgan fingerprint density at radius 1 is 1.47 bits per heavy atom. The number of fused-ring (bicyclic) bond motifs is 1. The minimum Gasteiger partial charge on any atom is -0.369 e. The number of nitrogens with zero attached hydrogens (tertiary/aromatic N) is 1. The molecule has 0 amide bonds. The van der Waals surface area contributed by atoms with Crippen molar-refractivity contribution in [3.63, 3.8) is 0 Å². The maximum Gasteiger partial charge on any atom is 0.206 e. The van der Waals surface area contributed by atoms with Gasteiger partial charge < -0.3 is 5.73 Å². The fourth-order valence-corrected chi connectivity index (χ4v) is 2.25. The van der Waals surface area contributed by atoms with E-state index < -0.39 is 0 Å². The van der Waals surface area contributed by atoms with Crippen molar-refractivity contribution in [1.82, 2.24) is 5.43 Å².